The predicted octanol–water partition coefficient (Wildman–Crippen LogP) is 0.954. The monoisotopic (exact) mass is 319 g/mol. The van der Waals surface area contributed by atoms with Crippen molar-refractivity contribution in [1.82, 2.24) is 25.9 Å². The fourth-order valence-electron chi connectivity index (χ4n) is 1.91. The lowest BCUT2D eigenvalue weighted by Gasteiger charge is -2.15. The van der Waals surface area contributed by atoms with E-state index >= 15 is 0 Å². The van der Waals surface area contributed by atoms with Gasteiger partial charge in [0.25, 0.3) is 0 Å². The van der Waals surface area contributed by atoms with Crippen LogP contribution in [0, 0.1) is 5.92 Å². The highest BCUT2D eigenvalue weighted by atomic mass is 32.2. The molecule has 0 radical (unpaired) electrons. The molecule has 7 nitrogen and oxygen atoms in total. The van der Waals surface area contributed by atoms with E-state index in [2.05, 4.69) is 25.9 Å². The van der Waals surface area contributed by atoms with E-state index in [0.717, 1.165) is 17.3 Å². The van der Waals surface area contributed by atoms with E-state index in [1.807, 2.05) is 30.3 Å². The number of amides is 1. The fourth-order valence-corrected chi connectivity index (χ4v) is 2.62. The van der Waals surface area contributed by atoms with Crippen LogP contribution in [0.5, 0.6) is 0 Å². The molecule has 0 saturated carbocycles. The third-order valence-electron chi connectivity index (χ3n) is 2.99. The van der Waals surface area contributed by atoms with Crippen LogP contribution >= 0.6 is 11.8 Å². The van der Waals surface area contributed by atoms with Crippen molar-refractivity contribution >= 4 is 22.8 Å². The van der Waals surface area contributed by atoms with Gasteiger partial charge in [-0.1, -0.05) is 47.3 Å². The molecule has 2 aromatic rings. The third-order valence-corrected chi connectivity index (χ3v) is 3.97. The Morgan fingerprint density at radius 1 is 1.32 bits per heavy atom. The van der Waals surface area contributed by atoms with Crippen molar-refractivity contribution in [3.8, 4) is 0 Å². The van der Waals surface area contributed by atoms with E-state index in [-0.39, 0.29) is 23.5 Å². The normalized spacial score (nSPS) is 11.9. The first-order chi connectivity index (χ1) is 10.6. The van der Waals surface area contributed by atoms with Gasteiger partial charge in [-0.15, -0.1) is 10.2 Å². The van der Waals surface area contributed by atoms with Gasteiger partial charge >= 0.3 is 0 Å². The molecule has 0 spiro atoms. The maximum absolute atomic E-state index is 12.3. The zero-order valence-electron chi connectivity index (χ0n) is 12.2. The Hall–Kier alpha value is -2.22. The Kier molecular flexibility index (Phi) is 6.08. The molecule has 0 bridgehead atoms. The molecule has 116 valence electrons. The summed E-state index contributed by atoms with van der Waals surface area (Å²) in [5.41, 5.74) is 1.06. The topological polar surface area (TPSA) is 101 Å². The van der Waals surface area contributed by atoms with Gasteiger partial charge in [0.2, 0.25) is 5.91 Å². The van der Waals surface area contributed by atoms with Crippen molar-refractivity contribution in [3.05, 3.63) is 41.7 Å². The number of carbonyl (C=O) groups is 2. The summed E-state index contributed by atoms with van der Waals surface area (Å²) in [4.78, 5) is 23.5. The summed E-state index contributed by atoms with van der Waals surface area (Å²) in [6.45, 7) is 1.72. The van der Waals surface area contributed by atoms with Gasteiger partial charge in [0.15, 0.2) is 10.9 Å². The van der Waals surface area contributed by atoms with Gasteiger partial charge in [-0.05, 0) is 12.0 Å². The van der Waals surface area contributed by atoms with Crippen LogP contribution in [-0.4, -0.2) is 37.4 Å². The van der Waals surface area contributed by atoms with Crippen LogP contribution in [-0.2, 0) is 22.6 Å². The molecule has 0 aliphatic heterocycles. The SMILES string of the molecule is CC(=O)SCC(Cc1ccccc1)C(=O)NCc1nn[nH]n1. The van der Waals surface area contributed by atoms with Gasteiger partial charge in [-0.3, -0.25) is 9.59 Å². The van der Waals surface area contributed by atoms with E-state index in [4.69, 9.17) is 0 Å². The number of benzene rings is 1. The lowest BCUT2D eigenvalue weighted by molar-refractivity contribution is -0.124. The molecule has 1 aromatic carbocycles. The molecule has 1 unspecified atom stereocenters. The Balaban J connectivity index is 1.95. The summed E-state index contributed by atoms with van der Waals surface area (Å²) in [7, 11) is 0. The molecular weight excluding hydrogens is 302 g/mol. The Bertz CT molecular complexity index is 603. The van der Waals surface area contributed by atoms with Crippen molar-refractivity contribution < 1.29 is 9.59 Å². The number of H-pyrrole nitrogens is 1. The first-order valence-corrected chi connectivity index (χ1v) is 7.81. The smallest absolute Gasteiger partial charge is 0.224 e. The average Bonchev–Trinajstić information content (AvgIpc) is 3.03. The molecule has 0 aliphatic rings. The van der Waals surface area contributed by atoms with Crippen LogP contribution in [0.4, 0.5) is 0 Å². The van der Waals surface area contributed by atoms with Gasteiger partial charge in [0.05, 0.1) is 12.5 Å². The Morgan fingerprint density at radius 2 is 2.09 bits per heavy atom. The van der Waals surface area contributed by atoms with Gasteiger partial charge in [0.1, 0.15) is 0 Å². The van der Waals surface area contributed by atoms with E-state index in [1.165, 1.54) is 6.92 Å². The molecule has 8 heteroatoms. The molecular formula is C14H17N5O2S. The van der Waals surface area contributed by atoms with Crippen LogP contribution < -0.4 is 5.32 Å². The van der Waals surface area contributed by atoms with Gasteiger partial charge in [-0.2, -0.15) is 5.21 Å². The summed E-state index contributed by atoms with van der Waals surface area (Å²) < 4.78 is 0. The minimum Gasteiger partial charge on any atom is -0.348 e. The molecule has 1 atom stereocenters. The zero-order chi connectivity index (χ0) is 15.8. The highest BCUT2D eigenvalue weighted by Gasteiger charge is 2.20. The second kappa shape index (κ2) is 8.28. The minimum atomic E-state index is -0.289. The molecule has 0 aliphatic carbocycles. The standard InChI is InChI=1S/C14H17N5O2S/c1-10(20)22-9-12(7-11-5-3-2-4-6-11)14(21)15-8-13-16-18-19-17-13/h2-6,12H,7-9H2,1H3,(H,15,21)(H,16,17,18,19). The third kappa shape index (κ3) is 5.28. The zero-order valence-corrected chi connectivity index (χ0v) is 13.0. The van der Waals surface area contributed by atoms with Crippen LogP contribution in [0.2, 0.25) is 0 Å². The lowest BCUT2D eigenvalue weighted by Crippen LogP contribution is -2.33. The molecule has 22 heavy (non-hydrogen) atoms. The van der Waals surface area contributed by atoms with Gasteiger partial charge in [0, 0.05) is 12.7 Å². The second-order valence-corrected chi connectivity index (χ2v) is 5.93. The van der Waals surface area contributed by atoms with Gasteiger partial charge < -0.3 is 5.32 Å². The van der Waals surface area contributed by atoms with Crippen LogP contribution in [0.1, 0.15) is 18.3 Å². The number of aromatic nitrogens is 4. The molecule has 2 rings (SSSR count). The first kappa shape index (κ1) is 16.2. The van der Waals surface area contributed by atoms with Crippen molar-refractivity contribution in [1.29, 1.82) is 0 Å². The summed E-state index contributed by atoms with van der Waals surface area (Å²) >= 11 is 1.16. The van der Waals surface area contributed by atoms with Crippen LogP contribution in [0.25, 0.3) is 0 Å². The van der Waals surface area contributed by atoms with E-state index in [9.17, 15) is 9.59 Å². The number of carbonyl (C=O) groups excluding carboxylic acids is 2. The summed E-state index contributed by atoms with van der Waals surface area (Å²) in [5, 5.41) is 16.1. The minimum absolute atomic E-state index is 0.00373. The second-order valence-electron chi connectivity index (χ2n) is 4.74. The maximum atomic E-state index is 12.3. The molecule has 2 N–H and O–H groups in total. The van der Waals surface area contributed by atoms with E-state index in [1.54, 1.807) is 0 Å². The predicted molar refractivity (Wildman–Crippen MR) is 82.8 cm³/mol. The number of hydrogen-bond acceptors (Lipinski definition) is 6. The molecule has 1 heterocycles. The Labute approximate surface area is 132 Å². The quantitative estimate of drug-likeness (QED) is 0.788. The summed E-state index contributed by atoms with van der Waals surface area (Å²) in [5.74, 6) is 0.458. The highest BCUT2D eigenvalue weighted by Crippen LogP contribution is 2.16. The van der Waals surface area contributed by atoms with Crippen LogP contribution in [0.3, 0.4) is 0 Å². The number of nitrogens with zero attached hydrogens (tertiary/aromatic N) is 3. The lowest BCUT2D eigenvalue weighted by atomic mass is 10.0. The molecule has 1 amide bonds. The number of thioether (sulfide) groups is 1. The van der Waals surface area contributed by atoms with Crippen molar-refractivity contribution in [2.75, 3.05) is 5.75 Å². The molecule has 1 aromatic heterocycles. The number of aromatic amines is 1. The number of nitrogens with one attached hydrogen (secondary N) is 2. The van der Waals surface area contributed by atoms with Crippen molar-refractivity contribution in [3.63, 3.8) is 0 Å². The molecule has 0 saturated heterocycles. The molecule has 0 fully saturated rings. The van der Waals surface area contributed by atoms with E-state index < -0.39 is 0 Å². The fraction of sp³-hybridized carbons (Fsp3) is 0.357. The van der Waals surface area contributed by atoms with Gasteiger partial charge in [-0.25, -0.2) is 0 Å². The van der Waals surface area contributed by atoms with E-state index in [0.29, 0.717) is 18.0 Å². The summed E-state index contributed by atoms with van der Waals surface area (Å²) in [6, 6.07) is 9.73. The first-order valence-electron chi connectivity index (χ1n) is 6.82. The number of tetrazole rings is 1. The number of hydrogen-bond donors (Lipinski definition) is 2. The largest absolute Gasteiger partial charge is 0.348 e. The number of rotatable bonds is 7. The average molecular weight is 319 g/mol. The Morgan fingerprint density at radius 3 is 2.73 bits per heavy atom. The highest BCUT2D eigenvalue weighted by molar-refractivity contribution is 8.13. The van der Waals surface area contributed by atoms with Crippen LogP contribution in [0.15, 0.2) is 30.3 Å². The van der Waals surface area contributed by atoms with Crippen molar-refractivity contribution in [2.45, 2.75) is 19.9 Å². The maximum Gasteiger partial charge on any atom is 0.224 e. The summed E-state index contributed by atoms with van der Waals surface area (Å²) in [6.07, 6.45) is 0.583. The van der Waals surface area contributed by atoms with Crippen molar-refractivity contribution in [2.24, 2.45) is 5.92 Å².